The van der Waals surface area contributed by atoms with E-state index in [9.17, 15) is 34.8 Å². The van der Waals surface area contributed by atoms with Crippen molar-refractivity contribution in [3.05, 3.63) is 58.1 Å². The lowest BCUT2D eigenvalue weighted by Gasteiger charge is -2.46. The van der Waals surface area contributed by atoms with Crippen LogP contribution in [0.3, 0.4) is 0 Å². The molecule has 5 atom stereocenters. The molecule has 2 aromatic carbocycles. The van der Waals surface area contributed by atoms with Gasteiger partial charge in [0.2, 0.25) is 0 Å². The fraction of sp³-hybridized carbons (Fsp3) is 0.500. The number of phenolic OH excluding ortho intramolecular Hbond substituents is 1. The summed E-state index contributed by atoms with van der Waals surface area (Å²) in [5.41, 5.74) is 6.08. The Kier molecular flexibility index (Phi) is 10.9. The molecule has 14 heteroatoms. The number of morpholine rings is 1. The van der Waals surface area contributed by atoms with E-state index in [-0.39, 0.29) is 29.0 Å². The predicted molar refractivity (Wildman–Crippen MR) is 190 cm³/mol. The van der Waals surface area contributed by atoms with Gasteiger partial charge in [-0.2, -0.15) is 5.11 Å². The third kappa shape index (κ3) is 6.60. The van der Waals surface area contributed by atoms with Gasteiger partial charge in [-0.15, -0.1) is 5.11 Å². The Balaban J connectivity index is 1.43. The number of azo groups is 1. The summed E-state index contributed by atoms with van der Waals surface area (Å²) in [6.07, 6.45) is 1.85. The maximum atomic E-state index is 14.1. The van der Waals surface area contributed by atoms with Gasteiger partial charge in [-0.3, -0.25) is 14.4 Å². The number of aliphatic hydroxyl groups excluding tert-OH is 3. The number of carbonyl (C=O) groups is 3. The standard InChI is InChI=1S/C38H46N4O10/c1-4-6-12-51-26-18-23(42-10-14-50-15-11-42)27(52-13-7-5-2)17-22(26)41-40-21-8-9-24(43)31-28(21)19(3)29-33(37(31)48)36(47)30-20(34(29)45)16-25(44)32(35(30)46)38(39)49/h8-9,17-20,29-30,34,43-45,47H,4-7,10-16H2,1-3H3,(H2,39,49)/t19?,20-,29+,30?,34+/m0/s1. The summed E-state index contributed by atoms with van der Waals surface area (Å²) in [5.74, 6) is -7.67. The Labute approximate surface area is 301 Å². The van der Waals surface area contributed by atoms with Crippen LogP contribution in [0.2, 0.25) is 0 Å². The molecule has 1 fully saturated rings. The molecule has 2 aromatic rings. The Morgan fingerprint density at radius 2 is 1.63 bits per heavy atom. The number of fused-ring (bicyclic) bond motifs is 3. The first-order valence-electron chi connectivity index (χ1n) is 18.0. The van der Waals surface area contributed by atoms with Crippen molar-refractivity contribution in [3.63, 3.8) is 0 Å². The molecule has 278 valence electrons. The molecule has 1 aliphatic heterocycles. The molecule has 6 N–H and O–H groups in total. The molecule has 0 bridgehead atoms. The lowest BCUT2D eigenvalue weighted by atomic mass is 9.58. The molecule has 0 aromatic heterocycles. The van der Waals surface area contributed by atoms with E-state index in [2.05, 4.69) is 29.0 Å². The summed E-state index contributed by atoms with van der Waals surface area (Å²) in [7, 11) is 0. The van der Waals surface area contributed by atoms with Gasteiger partial charge in [0.25, 0.3) is 5.91 Å². The molecule has 4 aliphatic rings. The number of aromatic hydroxyl groups is 1. The number of carbonyl (C=O) groups excluding carboxylic acids is 3. The summed E-state index contributed by atoms with van der Waals surface area (Å²) < 4.78 is 18.1. The van der Waals surface area contributed by atoms with E-state index in [1.54, 1.807) is 13.0 Å². The van der Waals surface area contributed by atoms with Crippen molar-refractivity contribution in [3.8, 4) is 17.2 Å². The number of anilines is 1. The van der Waals surface area contributed by atoms with Gasteiger partial charge in [0.15, 0.2) is 11.6 Å². The maximum absolute atomic E-state index is 14.1. The van der Waals surface area contributed by atoms with Crippen LogP contribution >= 0.6 is 0 Å². The first-order valence-corrected chi connectivity index (χ1v) is 18.0. The summed E-state index contributed by atoms with van der Waals surface area (Å²) in [6.45, 7) is 9.35. The number of aliphatic hydroxyl groups is 3. The van der Waals surface area contributed by atoms with Crippen LogP contribution in [0.1, 0.15) is 74.7 Å². The Bertz CT molecular complexity index is 1850. The van der Waals surface area contributed by atoms with E-state index in [0.717, 1.165) is 31.4 Å². The van der Waals surface area contributed by atoms with Crippen LogP contribution < -0.4 is 20.1 Å². The van der Waals surface area contributed by atoms with Gasteiger partial charge >= 0.3 is 0 Å². The topological polar surface area (TPSA) is 214 Å². The predicted octanol–water partition coefficient (Wildman–Crippen LogP) is 5.61. The average Bonchev–Trinajstić information content (AvgIpc) is 3.12. The number of Topliss-reactive ketones (excluding diaryl/α,β-unsaturated/α-hetero) is 2. The number of unbranched alkanes of at least 4 members (excludes halogenated alkanes) is 2. The van der Waals surface area contributed by atoms with Gasteiger partial charge in [0.1, 0.15) is 40.0 Å². The highest BCUT2D eigenvalue weighted by Gasteiger charge is 2.56. The number of primary amides is 1. The highest BCUT2D eigenvalue weighted by atomic mass is 16.5. The zero-order chi connectivity index (χ0) is 37.3. The molecular weight excluding hydrogens is 672 g/mol. The largest absolute Gasteiger partial charge is 0.511 e. The molecule has 1 saturated heterocycles. The zero-order valence-corrected chi connectivity index (χ0v) is 29.6. The smallest absolute Gasteiger partial charge is 0.255 e. The van der Waals surface area contributed by atoms with E-state index >= 15 is 0 Å². The second-order valence-electron chi connectivity index (χ2n) is 13.7. The number of hydrogen-bond acceptors (Lipinski definition) is 13. The van der Waals surface area contributed by atoms with Gasteiger partial charge in [-0.1, -0.05) is 33.6 Å². The number of allylic oxidation sites excluding steroid dienone is 2. The quantitative estimate of drug-likeness (QED) is 0.103. The van der Waals surface area contributed by atoms with Crippen LogP contribution in [0.15, 0.2) is 57.2 Å². The first kappa shape index (κ1) is 36.8. The van der Waals surface area contributed by atoms with Gasteiger partial charge < -0.3 is 45.3 Å². The summed E-state index contributed by atoms with van der Waals surface area (Å²) in [5, 5.41) is 53.9. The third-order valence-corrected chi connectivity index (χ3v) is 10.5. The minimum absolute atomic E-state index is 0.144. The van der Waals surface area contributed by atoms with E-state index in [0.29, 0.717) is 62.3 Å². The first-order chi connectivity index (χ1) is 25.0. The second-order valence-corrected chi connectivity index (χ2v) is 13.7. The number of hydrogen-bond donors (Lipinski definition) is 5. The van der Waals surface area contributed by atoms with Crippen LogP contribution in [-0.2, 0) is 14.3 Å². The molecule has 0 saturated carbocycles. The van der Waals surface area contributed by atoms with Gasteiger partial charge in [0.05, 0.1) is 55.4 Å². The summed E-state index contributed by atoms with van der Waals surface area (Å²) in [6, 6.07) is 6.51. The van der Waals surface area contributed by atoms with E-state index in [4.69, 9.17) is 19.9 Å². The van der Waals surface area contributed by atoms with Crippen molar-refractivity contribution < 1.29 is 49.0 Å². The molecule has 1 heterocycles. The van der Waals surface area contributed by atoms with Crippen LogP contribution in [-0.4, -0.2) is 83.5 Å². The number of benzene rings is 2. The Morgan fingerprint density at radius 1 is 0.981 bits per heavy atom. The Morgan fingerprint density at radius 3 is 2.29 bits per heavy atom. The molecule has 14 nitrogen and oxygen atoms in total. The van der Waals surface area contributed by atoms with Crippen molar-refractivity contribution in [1.82, 2.24) is 0 Å². The van der Waals surface area contributed by atoms with Crippen molar-refractivity contribution in [2.75, 3.05) is 44.4 Å². The molecule has 3 aliphatic carbocycles. The van der Waals surface area contributed by atoms with Crippen LogP contribution in [0, 0.1) is 17.8 Å². The molecule has 1 amide bonds. The lowest BCUT2D eigenvalue weighted by Crippen LogP contribution is -2.51. The maximum Gasteiger partial charge on any atom is 0.255 e. The van der Waals surface area contributed by atoms with Crippen molar-refractivity contribution in [2.24, 2.45) is 33.7 Å². The summed E-state index contributed by atoms with van der Waals surface area (Å²) in [4.78, 5) is 41.6. The number of amides is 1. The van der Waals surface area contributed by atoms with E-state index in [1.165, 1.54) is 12.1 Å². The van der Waals surface area contributed by atoms with Gasteiger partial charge in [-0.05, 0) is 36.5 Å². The minimum Gasteiger partial charge on any atom is -0.511 e. The Hall–Kier alpha value is -4.95. The van der Waals surface area contributed by atoms with Crippen LogP contribution in [0.25, 0.3) is 0 Å². The lowest BCUT2D eigenvalue weighted by molar-refractivity contribution is -0.128. The van der Waals surface area contributed by atoms with Gasteiger partial charge in [-0.25, -0.2) is 0 Å². The third-order valence-electron chi connectivity index (χ3n) is 10.5. The van der Waals surface area contributed by atoms with Crippen LogP contribution in [0.4, 0.5) is 17.1 Å². The van der Waals surface area contributed by atoms with E-state index < -0.39 is 64.3 Å². The fourth-order valence-electron chi connectivity index (χ4n) is 7.79. The number of nitrogens with zero attached hydrogens (tertiary/aromatic N) is 3. The van der Waals surface area contributed by atoms with E-state index in [1.807, 2.05) is 6.07 Å². The highest BCUT2D eigenvalue weighted by molar-refractivity contribution is 6.22. The number of ketones is 2. The number of ether oxygens (including phenoxy) is 3. The molecule has 6 rings (SSSR count). The van der Waals surface area contributed by atoms with Crippen LogP contribution in [0.5, 0.6) is 17.2 Å². The molecule has 0 spiro atoms. The molecule has 2 unspecified atom stereocenters. The van der Waals surface area contributed by atoms with Crippen molar-refractivity contribution in [1.29, 1.82) is 0 Å². The molecule has 52 heavy (non-hydrogen) atoms. The highest BCUT2D eigenvalue weighted by Crippen LogP contribution is 2.55. The van der Waals surface area contributed by atoms with Gasteiger partial charge in [0, 0.05) is 49.1 Å². The monoisotopic (exact) mass is 718 g/mol. The normalized spacial score (nSPS) is 24.5. The average molecular weight is 719 g/mol. The minimum atomic E-state index is -1.47. The number of nitrogens with two attached hydrogens (primary N) is 1. The number of phenols is 1. The van der Waals surface area contributed by atoms with Crippen molar-refractivity contribution in [2.45, 2.75) is 64.9 Å². The molecule has 0 radical (unpaired) electrons. The summed E-state index contributed by atoms with van der Waals surface area (Å²) >= 11 is 0. The second kappa shape index (κ2) is 15.3. The molecular formula is C38H46N4O10. The SMILES string of the molecule is CCCCOc1cc(N2CCOCC2)c(OCCCC)cc1N=Nc1ccc(O)c2c1C(C)[C@@H]1C(=C(O)C3C(=O)C(C(N)=O)=C(O)C[C@@H]3[C@H]1O)C2=O. The zero-order valence-electron chi connectivity index (χ0n) is 29.6. The van der Waals surface area contributed by atoms with Crippen molar-refractivity contribution >= 4 is 34.5 Å². The fourth-order valence-corrected chi connectivity index (χ4v) is 7.79. The number of rotatable bonds is 12.